The van der Waals surface area contributed by atoms with Crippen molar-refractivity contribution in [3.63, 3.8) is 0 Å². The molecule has 0 amide bonds. The number of allylic oxidation sites excluding steroid dienone is 4. The number of benzene rings is 4. The highest BCUT2D eigenvalue weighted by atomic mass is 14.6. The third-order valence-electron chi connectivity index (χ3n) is 9.39. The standard InChI is InChI=1S/C44H38N2/c1-4-12-36(43(45)25-21-30(2)20-23-33-14-11-26-46-31(33)3)27-32-22-24-35-29-34-13-5-8-17-39(34)44(42(35)28-32)40-18-9-6-15-37(40)38-16-7-10-19-41(38)44/h4-28,43H,3,29,45H2,1-2H3/b12-4-,25-21-,30-20+,33-23-,36-27+. The summed E-state index contributed by atoms with van der Waals surface area (Å²) in [5.41, 5.74) is 20.6. The number of aromatic nitrogens is 1. The van der Waals surface area contributed by atoms with Crippen molar-refractivity contribution in [3.8, 4) is 11.1 Å². The van der Waals surface area contributed by atoms with Crippen molar-refractivity contribution >= 4 is 18.7 Å². The fraction of sp³-hybridized carbons (Fsp3) is 0.114. The van der Waals surface area contributed by atoms with Gasteiger partial charge in [-0.3, -0.25) is 4.98 Å². The molecule has 1 aromatic heterocycles. The maximum absolute atomic E-state index is 6.81. The van der Waals surface area contributed by atoms with E-state index in [0.29, 0.717) is 0 Å². The topological polar surface area (TPSA) is 38.9 Å². The molecule has 2 nitrogen and oxygen atoms in total. The Morgan fingerprint density at radius 3 is 2.20 bits per heavy atom. The summed E-state index contributed by atoms with van der Waals surface area (Å²) in [7, 11) is 0. The second kappa shape index (κ2) is 12.2. The number of hydrogen-bond donors (Lipinski definition) is 1. The smallest absolute Gasteiger partial charge is 0.0719 e. The fourth-order valence-corrected chi connectivity index (χ4v) is 7.28. The van der Waals surface area contributed by atoms with E-state index in [-0.39, 0.29) is 11.5 Å². The minimum Gasteiger partial charge on any atom is -0.321 e. The molecular formula is C44H38N2. The maximum atomic E-state index is 6.81. The van der Waals surface area contributed by atoms with E-state index in [9.17, 15) is 0 Å². The minimum atomic E-state index is -0.370. The first-order valence-electron chi connectivity index (χ1n) is 16.0. The van der Waals surface area contributed by atoms with E-state index in [1.54, 1.807) is 6.20 Å². The monoisotopic (exact) mass is 594 g/mol. The fourth-order valence-electron chi connectivity index (χ4n) is 7.28. The molecule has 0 aliphatic heterocycles. The molecule has 0 fully saturated rings. The molecule has 224 valence electrons. The van der Waals surface area contributed by atoms with Gasteiger partial charge in [0.15, 0.2) is 0 Å². The maximum Gasteiger partial charge on any atom is 0.0719 e. The van der Waals surface area contributed by atoms with E-state index < -0.39 is 0 Å². The van der Waals surface area contributed by atoms with Gasteiger partial charge in [0.2, 0.25) is 0 Å². The molecule has 1 heterocycles. The van der Waals surface area contributed by atoms with E-state index >= 15 is 0 Å². The zero-order valence-electron chi connectivity index (χ0n) is 26.4. The third kappa shape index (κ3) is 5.01. The zero-order valence-corrected chi connectivity index (χ0v) is 26.4. The summed E-state index contributed by atoms with van der Waals surface area (Å²) in [5.74, 6) is 0. The van der Waals surface area contributed by atoms with E-state index in [1.807, 2.05) is 25.1 Å². The van der Waals surface area contributed by atoms with Gasteiger partial charge in [-0.2, -0.15) is 0 Å². The summed E-state index contributed by atoms with van der Waals surface area (Å²) < 4.78 is 0. The highest BCUT2D eigenvalue weighted by Gasteiger charge is 2.49. The van der Waals surface area contributed by atoms with Gasteiger partial charge in [-0.15, -0.1) is 0 Å². The van der Waals surface area contributed by atoms with Gasteiger partial charge in [-0.05, 0) is 99.3 Å². The summed E-state index contributed by atoms with van der Waals surface area (Å²) in [5, 5.41) is 1.78. The highest BCUT2D eigenvalue weighted by molar-refractivity contribution is 5.88. The number of nitrogens with zero attached hydrogens (tertiary/aromatic N) is 1. The molecule has 1 unspecified atom stereocenters. The largest absolute Gasteiger partial charge is 0.321 e. The van der Waals surface area contributed by atoms with Crippen molar-refractivity contribution in [3.05, 3.63) is 200 Å². The van der Waals surface area contributed by atoms with Crippen LogP contribution in [-0.2, 0) is 11.8 Å². The Hall–Kier alpha value is -5.31. The van der Waals surface area contributed by atoms with Crippen LogP contribution >= 0.6 is 0 Å². The number of nitrogens with two attached hydrogens (primary N) is 1. The molecule has 2 N–H and O–H groups in total. The predicted molar refractivity (Wildman–Crippen MR) is 194 cm³/mol. The molecule has 2 aliphatic rings. The summed E-state index contributed by atoms with van der Waals surface area (Å²) in [6, 6.07) is 37.6. The Labute approximate surface area is 272 Å². The van der Waals surface area contributed by atoms with Gasteiger partial charge in [0, 0.05) is 12.2 Å². The molecule has 0 saturated carbocycles. The molecule has 4 aromatic carbocycles. The van der Waals surface area contributed by atoms with Crippen LogP contribution in [0, 0.1) is 0 Å². The van der Waals surface area contributed by atoms with Crippen LogP contribution in [-0.4, -0.2) is 11.0 Å². The predicted octanol–water partition coefficient (Wildman–Crippen LogP) is 8.03. The van der Waals surface area contributed by atoms with Crippen LogP contribution in [0.25, 0.3) is 29.9 Å². The van der Waals surface area contributed by atoms with E-state index in [2.05, 4.69) is 146 Å². The Bertz CT molecular complexity index is 2150. The van der Waals surface area contributed by atoms with Gasteiger partial charge in [0.25, 0.3) is 0 Å². The van der Waals surface area contributed by atoms with Crippen molar-refractivity contribution < 1.29 is 0 Å². The highest BCUT2D eigenvalue weighted by Crippen LogP contribution is 2.59. The van der Waals surface area contributed by atoms with Gasteiger partial charge in [0.1, 0.15) is 0 Å². The van der Waals surface area contributed by atoms with Crippen molar-refractivity contribution in [1.82, 2.24) is 4.98 Å². The minimum absolute atomic E-state index is 0.264. The van der Waals surface area contributed by atoms with Crippen molar-refractivity contribution in [1.29, 1.82) is 0 Å². The van der Waals surface area contributed by atoms with Crippen molar-refractivity contribution in [2.24, 2.45) is 5.73 Å². The van der Waals surface area contributed by atoms with Gasteiger partial charge in [-0.25, -0.2) is 0 Å². The van der Waals surface area contributed by atoms with E-state index in [0.717, 1.165) is 33.7 Å². The molecule has 0 saturated heterocycles. The summed E-state index contributed by atoms with van der Waals surface area (Å²) >= 11 is 0. The average Bonchev–Trinajstić information content (AvgIpc) is 3.38. The lowest BCUT2D eigenvalue weighted by atomic mass is 9.61. The van der Waals surface area contributed by atoms with Crippen LogP contribution < -0.4 is 16.3 Å². The third-order valence-corrected chi connectivity index (χ3v) is 9.39. The number of hydrogen-bond acceptors (Lipinski definition) is 2. The first kappa shape index (κ1) is 29.4. The van der Waals surface area contributed by atoms with Gasteiger partial charge in [0.05, 0.1) is 10.8 Å². The molecule has 2 heteroatoms. The van der Waals surface area contributed by atoms with Crippen LogP contribution in [0.5, 0.6) is 0 Å². The summed E-state index contributed by atoms with van der Waals surface area (Å²) in [6.07, 6.45) is 17.4. The number of pyridine rings is 1. The molecule has 1 spiro atoms. The molecule has 2 aliphatic carbocycles. The zero-order chi connectivity index (χ0) is 31.7. The van der Waals surface area contributed by atoms with Gasteiger partial charge < -0.3 is 5.73 Å². The van der Waals surface area contributed by atoms with Crippen LogP contribution in [0.3, 0.4) is 0 Å². The van der Waals surface area contributed by atoms with Crippen LogP contribution in [0.2, 0.25) is 0 Å². The second-order valence-electron chi connectivity index (χ2n) is 12.2. The van der Waals surface area contributed by atoms with Crippen LogP contribution in [0.15, 0.2) is 151 Å². The first-order valence-corrected chi connectivity index (χ1v) is 16.0. The summed E-state index contributed by atoms with van der Waals surface area (Å²) in [4.78, 5) is 4.27. The summed E-state index contributed by atoms with van der Waals surface area (Å²) in [6.45, 7) is 8.14. The van der Waals surface area contributed by atoms with Gasteiger partial charge in [-0.1, -0.05) is 140 Å². The normalized spacial score (nSPS) is 16.0. The van der Waals surface area contributed by atoms with Crippen molar-refractivity contribution in [2.75, 3.05) is 0 Å². The van der Waals surface area contributed by atoms with Crippen LogP contribution in [0.1, 0.15) is 52.8 Å². The lowest BCUT2D eigenvalue weighted by Gasteiger charge is -2.40. The van der Waals surface area contributed by atoms with Crippen molar-refractivity contribution in [2.45, 2.75) is 31.7 Å². The second-order valence-corrected chi connectivity index (χ2v) is 12.2. The van der Waals surface area contributed by atoms with Gasteiger partial charge >= 0.3 is 0 Å². The number of fused-ring (bicyclic) bond motifs is 9. The lowest BCUT2D eigenvalue weighted by molar-refractivity contribution is 0.721. The molecule has 0 radical (unpaired) electrons. The Morgan fingerprint density at radius 1 is 0.804 bits per heavy atom. The van der Waals surface area contributed by atoms with Crippen LogP contribution in [0.4, 0.5) is 0 Å². The Balaban J connectivity index is 1.32. The quantitative estimate of drug-likeness (QED) is 0.198. The lowest BCUT2D eigenvalue weighted by Crippen LogP contribution is -2.34. The first-order chi connectivity index (χ1) is 22.5. The SMILES string of the molecule is C=c1nccc/c1=C/C=C(C)/C=C\C(N)C(/C=C\C)=C/c1ccc2c(c1)C1(c3ccccc3C2)c2ccccc2-c2ccccc21. The molecule has 7 rings (SSSR count). The van der Waals surface area contributed by atoms with E-state index in [1.165, 1.54) is 44.5 Å². The Kier molecular flexibility index (Phi) is 7.82. The molecule has 46 heavy (non-hydrogen) atoms. The average molecular weight is 595 g/mol. The molecule has 5 aromatic rings. The molecule has 0 bridgehead atoms. The molecular weight excluding hydrogens is 556 g/mol. The number of rotatable bonds is 6. The van der Waals surface area contributed by atoms with E-state index in [4.69, 9.17) is 5.73 Å². The molecule has 1 atom stereocenters. The Morgan fingerprint density at radius 2 is 1.48 bits per heavy atom.